The lowest BCUT2D eigenvalue weighted by Crippen LogP contribution is -1.89. The van der Waals surface area contributed by atoms with Crippen molar-refractivity contribution in [3.63, 3.8) is 0 Å². The van der Waals surface area contributed by atoms with Crippen LogP contribution in [0.2, 0.25) is 0 Å². The molecule has 0 fully saturated rings. The topological polar surface area (TPSA) is 17.1 Å². The van der Waals surface area contributed by atoms with Crippen LogP contribution in [0.15, 0.2) is 9.51 Å². The quantitative estimate of drug-likeness (QED) is 0.642. The number of hydrogen-bond donors (Lipinski definition) is 0. The van der Waals surface area contributed by atoms with Gasteiger partial charge in [0, 0.05) is 5.03 Å². The average molecular weight is 211 g/mol. The second-order valence-corrected chi connectivity index (χ2v) is 2.88. The third kappa shape index (κ3) is 3.01. The molecule has 0 N–H and O–H groups in total. The van der Waals surface area contributed by atoms with E-state index >= 15 is 0 Å². The lowest BCUT2D eigenvalue weighted by Gasteiger charge is -1.94. The number of carbonyl (C=O) groups excluding carboxylic acids is 1. The fourth-order valence-corrected chi connectivity index (χ4v) is 0.760. The van der Waals surface area contributed by atoms with Gasteiger partial charge in [-0.25, -0.2) is 0 Å². The molecule has 0 bridgehead atoms. The molecule has 0 amide bonds. The Balaban J connectivity index is 4.28. The van der Waals surface area contributed by atoms with E-state index in [0.29, 0.717) is 15.9 Å². The van der Waals surface area contributed by atoms with Crippen molar-refractivity contribution in [2.24, 2.45) is 0 Å². The maximum atomic E-state index is 10.6. The first-order valence-electron chi connectivity index (χ1n) is 2.64. The third-order valence-corrected chi connectivity index (χ3v) is 2.58. The molecule has 1 nitrogen and oxygen atoms in total. The van der Waals surface area contributed by atoms with E-state index < -0.39 is 0 Å². The van der Waals surface area contributed by atoms with E-state index in [2.05, 4.69) is 15.9 Å². The SMILES string of the molecule is CC/C(Cl)=C(/Br)C(C)=O. The van der Waals surface area contributed by atoms with Crippen molar-refractivity contribution < 1.29 is 4.79 Å². The zero-order valence-corrected chi connectivity index (χ0v) is 7.71. The Kier molecular flexibility index (Phi) is 4.15. The first-order valence-corrected chi connectivity index (χ1v) is 3.81. The molecule has 0 aliphatic carbocycles. The molecule has 9 heavy (non-hydrogen) atoms. The van der Waals surface area contributed by atoms with Gasteiger partial charge in [0.05, 0.1) is 4.48 Å². The number of ketones is 1. The molecular formula is C6H8BrClO. The lowest BCUT2D eigenvalue weighted by molar-refractivity contribution is -0.112. The Hall–Kier alpha value is 0.180. The van der Waals surface area contributed by atoms with E-state index in [0.717, 1.165) is 0 Å². The highest BCUT2D eigenvalue weighted by atomic mass is 79.9. The van der Waals surface area contributed by atoms with Crippen LogP contribution < -0.4 is 0 Å². The molecule has 0 aromatic heterocycles. The van der Waals surface area contributed by atoms with E-state index in [1.807, 2.05) is 6.92 Å². The standard InChI is InChI=1S/C6H8BrClO/c1-3-5(8)6(7)4(2)9/h3H2,1-2H3/b6-5-. The van der Waals surface area contributed by atoms with Gasteiger partial charge >= 0.3 is 0 Å². The van der Waals surface area contributed by atoms with E-state index in [4.69, 9.17) is 11.6 Å². The molecular weight excluding hydrogens is 203 g/mol. The van der Waals surface area contributed by atoms with Gasteiger partial charge in [-0.3, -0.25) is 4.79 Å². The van der Waals surface area contributed by atoms with Crippen LogP contribution in [0.5, 0.6) is 0 Å². The second-order valence-electron chi connectivity index (χ2n) is 1.63. The summed E-state index contributed by atoms with van der Waals surface area (Å²) in [6.45, 7) is 3.37. The molecule has 3 heteroatoms. The first kappa shape index (κ1) is 9.18. The molecule has 0 saturated heterocycles. The van der Waals surface area contributed by atoms with Gasteiger partial charge in [-0.2, -0.15) is 0 Å². The minimum atomic E-state index is -0.0261. The van der Waals surface area contributed by atoms with E-state index in [9.17, 15) is 4.79 Å². The Morgan fingerprint density at radius 2 is 2.11 bits per heavy atom. The van der Waals surface area contributed by atoms with Gasteiger partial charge < -0.3 is 0 Å². The first-order chi connectivity index (χ1) is 4.09. The molecule has 0 spiro atoms. The monoisotopic (exact) mass is 210 g/mol. The summed E-state index contributed by atoms with van der Waals surface area (Å²) in [4.78, 5) is 10.6. The highest BCUT2D eigenvalue weighted by Crippen LogP contribution is 2.18. The molecule has 0 unspecified atom stereocenters. The van der Waals surface area contributed by atoms with Gasteiger partial charge in [0.2, 0.25) is 0 Å². The van der Waals surface area contributed by atoms with E-state index in [1.54, 1.807) is 0 Å². The fraction of sp³-hybridized carbons (Fsp3) is 0.500. The number of hydrogen-bond acceptors (Lipinski definition) is 1. The molecule has 0 aliphatic rings. The van der Waals surface area contributed by atoms with Crippen LogP contribution in [-0.2, 0) is 4.79 Å². The molecule has 0 saturated carbocycles. The van der Waals surface area contributed by atoms with Crippen molar-refractivity contribution in [3.05, 3.63) is 9.51 Å². The van der Waals surface area contributed by atoms with Gasteiger partial charge in [0.15, 0.2) is 5.78 Å². The summed E-state index contributed by atoms with van der Waals surface area (Å²) in [5, 5.41) is 0.586. The number of rotatable bonds is 2. The third-order valence-electron chi connectivity index (χ3n) is 0.858. The van der Waals surface area contributed by atoms with Crippen molar-refractivity contribution in [2.75, 3.05) is 0 Å². The number of allylic oxidation sites excluding steroid dienone is 2. The van der Waals surface area contributed by atoms with Crippen LogP contribution in [0.1, 0.15) is 20.3 Å². The summed E-state index contributed by atoms with van der Waals surface area (Å²) in [6.07, 6.45) is 0.696. The van der Waals surface area contributed by atoms with Gasteiger partial charge in [-0.15, -0.1) is 0 Å². The lowest BCUT2D eigenvalue weighted by atomic mass is 10.3. The zero-order valence-electron chi connectivity index (χ0n) is 5.37. The molecule has 0 aliphatic heterocycles. The predicted molar refractivity (Wildman–Crippen MR) is 42.8 cm³/mol. The van der Waals surface area contributed by atoms with E-state index in [1.165, 1.54) is 6.92 Å². The summed E-state index contributed by atoms with van der Waals surface area (Å²) in [7, 11) is 0. The number of carbonyl (C=O) groups is 1. The predicted octanol–water partition coefficient (Wildman–Crippen LogP) is 2.83. The Morgan fingerprint density at radius 1 is 1.67 bits per heavy atom. The molecule has 0 aromatic rings. The summed E-state index contributed by atoms with van der Waals surface area (Å²) >= 11 is 8.69. The Labute approximate surface area is 68.2 Å². The van der Waals surface area contributed by atoms with Crippen molar-refractivity contribution in [2.45, 2.75) is 20.3 Å². The largest absolute Gasteiger partial charge is 0.294 e. The van der Waals surface area contributed by atoms with Crippen molar-refractivity contribution in [1.29, 1.82) is 0 Å². The molecule has 0 radical (unpaired) electrons. The van der Waals surface area contributed by atoms with Crippen molar-refractivity contribution in [1.82, 2.24) is 0 Å². The number of halogens is 2. The van der Waals surface area contributed by atoms with Crippen LogP contribution >= 0.6 is 27.5 Å². The molecule has 0 aromatic carbocycles. The van der Waals surface area contributed by atoms with Crippen LogP contribution in [0.25, 0.3) is 0 Å². The summed E-state index contributed by atoms with van der Waals surface area (Å²) in [5.74, 6) is -0.0261. The van der Waals surface area contributed by atoms with Gasteiger partial charge in [0.1, 0.15) is 0 Å². The maximum Gasteiger partial charge on any atom is 0.167 e. The maximum absolute atomic E-state index is 10.6. The zero-order chi connectivity index (χ0) is 7.44. The highest BCUT2D eigenvalue weighted by Gasteiger charge is 2.02. The van der Waals surface area contributed by atoms with Gasteiger partial charge in [-0.05, 0) is 29.3 Å². The van der Waals surface area contributed by atoms with Gasteiger partial charge in [-0.1, -0.05) is 18.5 Å². The molecule has 52 valence electrons. The van der Waals surface area contributed by atoms with Crippen LogP contribution in [0, 0.1) is 0 Å². The molecule has 0 heterocycles. The van der Waals surface area contributed by atoms with Crippen LogP contribution in [-0.4, -0.2) is 5.78 Å². The molecule has 0 rings (SSSR count). The van der Waals surface area contributed by atoms with Crippen LogP contribution in [0.3, 0.4) is 0 Å². The minimum absolute atomic E-state index is 0.0261. The van der Waals surface area contributed by atoms with Crippen LogP contribution in [0.4, 0.5) is 0 Å². The average Bonchev–Trinajstić information content (AvgIpc) is 1.84. The highest BCUT2D eigenvalue weighted by molar-refractivity contribution is 9.12. The number of Topliss-reactive ketones (excluding diaryl/α,β-unsaturated/α-hetero) is 1. The summed E-state index contributed by atoms with van der Waals surface area (Å²) < 4.78 is 0.492. The fourth-order valence-electron chi connectivity index (χ4n) is 0.346. The van der Waals surface area contributed by atoms with Gasteiger partial charge in [0.25, 0.3) is 0 Å². The Morgan fingerprint density at radius 3 is 2.22 bits per heavy atom. The second kappa shape index (κ2) is 4.07. The summed E-state index contributed by atoms with van der Waals surface area (Å²) in [5.41, 5.74) is 0. The van der Waals surface area contributed by atoms with E-state index in [-0.39, 0.29) is 5.78 Å². The Bertz CT molecular complexity index is 151. The van der Waals surface area contributed by atoms with Crippen molar-refractivity contribution >= 4 is 33.3 Å². The normalized spacial score (nSPS) is 12.9. The smallest absolute Gasteiger partial charge is 0.167 e. The molecule has 0 atom stereocenters. The van der Waals surface area contributed by atoms with Crippen molar-refractivity contribution in [3.8, 4) is 0 Å². The summed E-state index contributed by atoms with van der Waals surface area (Å²) in [6, 6.07) is 0. The minimum Gasteiger partial charge on any atom is -0.294 e.